The van der Waals surface area contributed by atoms with Crippen LogP contribution in [-0.4, -0.2) is 5.12 Å². The molecule has 1 radical (unpaired) electrons. The number of hydrogen-bond donors (Lipinski definition) is 0. The van der Waals surface area contributed by atoms with E-state index in [4.69, 9.17) is 0 Å². The second-order valence-electron chi connectivity index (χ2n) is 1.80. The Morgan fingerprint density at radius 2 is 2.22 bits per heavy atom. The molecule has 0 bridgehead atoms. The summed E-state index contributed by atoms with van der Waals surface area (Å²) < 4.78 is 0. The highest BCUT2D eigenvalue weighted by atomic mass is 32.2. The first-order valence-corrected chi connectivity index (χ1v) is 4.20. The number of carbonyl (C=O) groups excluding carboxylic acids is 1. The maximum atomic E-state index is 10.6. The van der Waals surface area contributed by atoms with Gasteiger partial charge in [0.25, 0.3) is 0 Å². The Hall–Kier alpha value is 0.0200. The van der Waals surface area contributed by atoms with E-state index in [2.05, 4.69) is 6.92 Å². The first-order chi connectivity index (χ1) is 4.31. The zero-order valence-corrected chi connectivity index (χ0v) is 6.83. The molecular weight excluding hydrogens is 132 g/mol. The summed E-state index contributed by atoms with van der Waals surface area (Å²) in [5, 5.41) is 0.267. The minimum Gasteiger partial charge on any atom is -0.287 e. The van der Waals surface area contributed by atoms with Gasteiger partial charge < -0.3 is 0 Å². The van der Waals surface area contributed by atoms with E-state index in [1.54, 1.807) is 0 Å². The van der Waals surface area contributed by atoms with E-state index in [1.807, 2.05) is 12.7 Å². The monoisotopic (exact) mass is 145 g/mol. The average molecular weight is 145 g/mol. The highest BCUT2D eigenvalue weighted by Gasteiger charge is 1.96. The summed E-state index contributed by atoms with van der Waals surface area (Å²) in [6, 6.07) is 0. The van der Waals surface area contributed by atoms with Crippen LogP contribution in [-0.2, 0) is 4.79 Å². The van der Waals surface area contributed by atoms with Crippen LogP contribution in [0.25, 0.3) is 0 Å². The molecule has 0 aromatic carbocycles. The second kappa shape index (κ2) is 6.14. The predicted molar refractivity (Wildman–Crippen MR) is 42.1 cm³/mol. The van der Waals surface area contributed by atoms with E-state index >= 15 is 0 Å². The maximum Gasteiger partial charge on any atom is 0.188 e. The van der Waals surface area contributed by atoms with Gasteiger partial charge in [-0.05, 0) is 6.42 Å². The molecule has 0 aliphatic heterocycles. The lowest BCUT2D eigenvalue weighted by atomic mass is 10.4. The molecule has 0 unspecified atom stereocenters. The van der Waals surface area contributed by atoms with Gasteiger partial charge in [0.15, 0.2) is 5.12 Å². The summed E-state index contributed by atoms with van der Waals surface area (Å²) >= 11 is 1.34. The van der Waals surface area contributed by atoms with Crippen LogP contribution in [0.3, 0.4) is 0 Å². The molecule has 53 valence electrons. The predicted octanol–water partition coefficient (Wildman–Crippen LogP) is 2.62. The van der Waals surface area contributed by atoms with Crippen molar-refractivity contribution in [2.45, 2.75) is 33.1 Å². The van der Waals surface area contributed by atoms with Gasteiger partial charge in [0.2, 0.25) is 0 Å². The topological polar surface area (TPSA) is 17.1 Å². The molecule has 0 fully saturated rings. The van der Waals surface area contributed by atoms with Crippen molar-refractivity contribution >= 4 is 16.9 Å². The molecule has 0 amide bonds. The molecule has 0 saturated heterocycles. The second-order valence-corrected chi connectivity index (χ2v) is 2.82. The van der Waals surface area contributed by atoms with Crippen LogP contribution >= 0.6 is 11.8 Å². The molecule has 0 aliphatic carbocycles. The van der Waals surface area contributed by atoms with Gasteiger partial charge in [0.05, 0.1) is 0 Å². The SMILES string of the molecule is CCC[CH]SC(=O)CC. The maximum absolute atomic E-state index is 10.6. The lowest BCUT2D eigenvalue weighted by Gasteiger charge is -1.93. The molecule has 0 heterocycles. The minimum absolute atomic E-state index is 0.267. The van der Waals surface area contributed by atoms with Gasteiger partial charge in [0, 0.05) is 12.2 Å². The number of hydrogen-bond acceptors (Lipinski definition) is 2. The fourth-order valence-corrected chi connectivity index (χ4v) is 1.06. The Bertz CT molecular complexity index is 81.0. The summed E-state index contributed by atoms with van der Waals surface area (Å²) in [5.41, 5.74) is 0. The molecule has 0 rings (SSSR count). The van der Waals surface area contributed by atoms with Crippen molar-refractivity contribution in [3.05, 3.63) is 5.75 Å². The fourth-order valence-electron chi connectivity index (χ4n) is 0.353. The van der Waals surface area contributed by atoms with Crippen molar-refractivity contribution in [2.24, 2.45) is 0 Å². The van der Waals surface area contributed by atoms with Gasteiger partial charge >= 0.3 is 0 Å². The molecule has 1 nitrogen and oxygen atoms in total. The van der Waals surface area contributed by atoms with Crippen molar-refractivity contribution in [3.63, 3.8) is 0 Å². The lowest BCUT2D eigenvalue weighted by molar-refractivity contribution is -0.110. The summed E-state index contributed by atoms with van der Waals surface area (Å²) in [5.74, 6) is 1.98. The van der Waals surface area contributed by atoms with Gasteiger partial charge in [-0.15, -0.1) is 0 Å². The molecule has 0 saturated carbocycles. The quantitative estimate of drug-likeness (QED) is 0.566. The van der Waals surface area contributed by atoms with Crippen LogP contribution in [0.4, 0.5) is 0 Å². The lowest BCUT2D eigenvalue weighted by Crippen LogP contribution is -1.85. The van der Waals surface area contributed by atoms with Crippen LogP contribution in [0.2, 0.25) is 0 Å². The number of thioether (sulfide) groups is 1. The highest BCUT2D eigenvalue weighted by molar-refractivity contribution is 8.15. The zero-order chi connectivity index (χ0) is 7.11. The molecular formula is C7H13OS. The Morgan fingerprint density at radius 1 is 1.56 bits per heavy atom. The van der Waals surface area contributed by atoms with Crippen LogP contribution in [0, 0.1) is 5.75 Å². The molecule has 0 atom stereocenters. The van der Waals surface area contributed by atoms with Gasteiger partial charge in [-0.2, -0.15) is 0 Å². The molecule has 0 aromatic rings. The van der Waals surface area contributed by atoms with Crippen molar-refractivity contribution in [1.82, 2.24) is 0 Å². The molecule has 0 spiro atoms. The van der Waals surface area contributed by atoms with Crippen LogP contribution in [0.5, 0.6) is 0 Å². The van der Waals surface area contributed by atoms with E-state index in [0.717, 1.165) is 12.8 Å². The third kappa shape index (κ3) is 5.90. The first kappa shape index (κ1) is 9.02. The third-order valence-corrected chi connectivity index (χ3v) is 1.86. The molecule has 2 heteroatoms. The van der Waals surface area contributed by atoms with E-state index in [9.17, 15) is 4.79 Å². The highest BCUT2D eigenvalue weighted by Crippen LogP contribution is 2.12. The minimum atomic E-state index is 0.267. The van der Waals surface area contributed by atoms with E-state index in [-0.39, 0.29) is 5.12 Å². The van der Waals surface area contributed by atoms with Crippen molar-refractivity contribution in [1.29, 1.82) is 0 Å². The van der Waals surface area contributed by atoms with Crippen LogP contribution in [0.15, 0.2) is 0 Å². The van der Waals surface area contributed by atoms with Crippen LogP contribution < -0.4 is 0 Å². The fraction of sp³-hybridized carbons (Fsp3) is 0.714. The first-order valence-electron chi connectivity index (χ1n) is 3.32. The van der Waals surface area contributed by atoms with Crippen molar-refractivity contribution in [2.75, 3.05) is 0 Å². The number of rotatable bonds is 4. The average Bonchev–Trinajstić information content (AvgIpc) is 1.89. The Kier molecular flexibility index (Phi) is 6.16. The Balaban J connectivity index is 2.97. The third-order valence-electron chi connectivity index (χ3n) is 0.910. The van der Waals surface area contributed by atoms with Crippen molar-refractivity contribution in [3.8, 4) is 0 Å². The Morgan fingerprint density at radius 3 is 2.67 bits per heavy atom. The van der Waals surface area contributed by atoms with E-state index < -0.39 is 0 Å². The summed E-state index contributed by atoms with van der Waals surface area (Å²) in [4.78, 5) is 10.6. The molecule has 0 N–H and O–H groups in total. The van der Waals surface area contributed by atoms with Gasteiger partial charge in [-0.25, -0.2) is 0 Å². The smallest absolute Gasteiger partial charge is 0.188 e. The number of unbranched alkanes of at least 4 members (excludes halogenated alkanes) is 1. The molecule has 9 heavy (non-hydrogen) atoms. The van der Waals surface area contributed by atoms with Gasteiger partial charge in [0.1, 0.15) is 0 Å². The Labute approximate surface area is 61.2 Å². The summed E-state index contributed by atoms with van der Waals surface area (Å²) in [6.45, 7) is 3.99. The van der Waals surface area contributed by atoms with Gasteiger partial charge in [-0.3, -0.25) is 4.79 Å². The summed E-state index contributed by atoms with van der Waals surface area (Å²) in [7, 11) is 0. The largest absolute Gasteiger partial charge is 0.287 e. The normalized spacial score (nSPS) is 9.56. The molecule has 0 aromatic heterocycles. The number of carbonyl (C=O) groups is 1. The van der Waals surface area contributed by atoms with E-state index in [0.29, 0.717) is 6.42 Å². The summed E-state index contributed by atoms with van der Waals surface area (Å²) in [6.07, 6.45) is 2.81. The van der Waals surface area contributed by atoms with Gasteiger partial charge in [-0.1, -0.05) is 32.0 Å². The van der Waals surface area contributed by atoms with E-state index in [1.165, 1.54) is 11.8 Å². The van der Waals surface area contributed by atoms with Crippen molar-refractivity contribution < 1.29 is 4.79 Å². The zero-order valence-electron chi connectivity index (χ0n) is 6.02. The molecule has 0 aliphatic rings. The standard InChI is InChI=1S/C7H13OS/c1-3-5-6-9-7(8)4-2/h6H,3-5H2,1-2H3. The van der Waals surface area contributed by atoms with Crippen LogP contribution in [0.1, 0.15) is 33.1 Å².